The van der Waals surface area contributed by atoms with Gasteiger partial charge in [-0.3, -0.25) is 0 Å². The van der Waals surface area contributed by atoms with Gasteiger partial charge in [0.2, 0.25) is 0 Å². The van der Waals surface area contributed by atoms with E-state index in [1.54, 1.807) is 0 Å². The highest BCUT2D eigenvalue weighted by Gasteiger charge is 2.29. The first-order valence-corrected chi connectivity index (χ1v) is 5.55. The molecular formula is C12H16N2. The summed E-state index contributed by atoms with van der Waals surface area (Å²) in [7, 11) is 0. The number of hydrogen-bond donors (Lipinski definition) is 2. The summed E-state index contributed by atoms with van der Waals surface area (Å²) >= 11 is 0. The Morgan fingerprint density at radius 1 is 0.857 bits per heavy atom. The zero-order valence-electron chi connectivity index (χ0n) is 8.29. The molecule has 1 aromatic rings. The van der Waals surface area contributed by atoms with Crippen molar-refractivity contribution in [3.05, 3.63) is 24.3 Å². The molecule has 2 nitrogen and oxygen atoms in total. The second kappa shape index (κ2) is 3.19. The zero-order valence-corrected chi connectivity index (χ0v) is 8.29. The Hall–Kier alpha value is -1.18. The average molecular weight is 188 g/mol. The summed E-state index contributed by atoms with van der Waals surface area (Å²) in [6.45, 7) is 0. The van der Waals surface area contributed by atoms with E-state index in [4.69, 9.17) is 0 Å². The Kier molecular flexibility index (Phi) is 1.86. The highest BCUT2D eigenvalue weighted by molar-refractivity contribution is 5.71. The number of anilines is 2. The van der Waals surface area contributed by atoms with Crippen LogP contribution in [0.4, 0.5) is 11.4 Å². The van der Waals surface area contributed by atoms with E-state index < -0.39 is 0 Å². The van der Waals surface area contributed by atoms with Crippen LogP contribution in [-0.2, 0) is 0 Å². The predicted molar refractivity (Wildman–Crippen MR) is 59.7 cm³/mol. The Morgan fingerprint density at radius 2 is 1.36 bits per heavy atom. The van der Waals surface area contributed by atoms with E-state index in [-0.39, 0.29) is 0 Å². The largest absolute Gasteiger partial charge is 0.379 e. The summed E-state index contributed by atoms with van der Waals surface area (Å²) in [6, 6.07) is 9.81. The Morgan fingerprint density at radius 3 is 1.86 bits per heavy atom. The lowest BCUT2D eigenvalue weighted by atomic mass is 9.88. The third kappa shape index (κ3) is 1.26. The van der Waals surface area contributed by atoms with E-state index in [9.17, 15) is 0 Å². The van der Waals surface area contributed by atoms with E-state index in [1.165, 1.54) is 37.1 Å². The van der Waals surface area contributed by atoms with Crippen LogP contribution in [0.5, 0.6) is 0 Å². The van der Waals surface area contributed by atoms with Gasteiger partial charge in [0, 0.05) is 12.1 Å². The van der Waals surface area contributed by atoms with Gasteiger partial charge in [-0.05, 0) is 25.0 Å². The normalized spacial score (nSPS) is 29.4. The number of fused-ring (bicyclic) bond motifs is 2. The van der Waals surface area contributed by atoms with Crippen molar-refractivity contribution >= 4 is 11.4 Å². The molecule has 3 rings (SSSR count). The van der Waals surface area contributed by atoms with E-state index >= 15 is 0 Å². The van der Waals surface area contributed by atoms with Gasteiger partial charge < -0.3 is 10.6 Å². The van der Waals surface area contributed by atoms with Crippen LogP contribution >= 0.6 is 0 Å². The number of hydrogen-bond acceptors (Lipinski definition) is 2. The third-order valence-electron chi connectivity index (χ3n) is 3.37. The first kappa shape index (κ1) is 8.16. The second-order valence-electron chi connectivity index (χ2n) is 4.33. The number of nitrogens with one attached hydrogen (secondary N) is 2. The Bertz CT molecular complexity index is 302. The highest BCUT2D eigenvalue weighted by atomic mass is 15.1. The van der Waals surface area contributed by atoms with Crippen molar-refractivity contribution in [2.75, 3.05) is 10.6 Å². The van der Waals surface area contributed by atoms with Gasteiger partial charge in [-0.1, -0.05) is 25.0 Å². The molecule has 0 spiro atoms. The van der Waals surface area contributed by atoms with Gasteiger partial charge in [0.15, 0.2) is 0 Å². The highest BCUT2D eigenvalue weighted by Crippen LogP contribution is 2.33. The van der Waals surface area contributed by atoms with Gasteiger partial charge in [0.1, 0.15) is 0 Å². The van der Waals surface area contributed by atoms with Crippen LogP contribution in [-0.4, -0.2) is 12.1 Å². The van der Waals surface area contributed by atoms with E-state index in [0.29, 0.717) is 12.1 Å². The van der Waals surface area contributed by atoms with Crippen molar-refractivity contribution in [3.8, 4) is 0 Å². The quantitative estimate of drug-likeness (QED) is 0.654. The van der Waals surface area contributed by atoms with Gasteiger partial charge >= 0.3 is 0 Å². The number of rotatable bonds is 0. The first-order chi connectivity index (χ1) is 6.93. The fourth-order valence-electron chi connectivity index (χ4n) is 2.61. The molecule has 1 fully saturated rings. The maximum atomic E-state index is 3.64. The predicted octanol–water partition coefficient (Wildman–Crippen LogP) is 2.84. The van der Waals surface area contributed by atoms with Crippen LogP contribution < -0.4 is 10.6 Å². The number of para-hydroxylation sites is 2. The molecule has 0 radical (unpaired) electrons. The summed E-state index contributed by atoms with van der Waals surface area (Å²) in [6.07, 6.45) is 5.37. The van der Waals surface area contributed by atoms with Gasteiger partial charge in [0.25, 0.3) is 0 Å². The number of benzene rings is 1. The summed E-state index contributed by atoms with van der Waals surface area (Å²) in [5, 5.41) is 7.27. The van der Waals surface area contributed by atoms with Crippen molar-refractivity contribution in [2.45, 2.75) is 37.8 Å². The van der Waals surface area contributed by atoms with Crippen molar-refractivity contribution < 1.29 is 0 Å². The fraction of sp³-hybridized carbons (Fsp3) is 0.500. The van der Waals surface area contributed by atoms with Crippen molar-refractivity contribution in [3.63, 3.8) is 0 Å². The molecule has 2 atom stereocenters. The van der Waals surface area contributed by atoms with Crippen LogP contribution in [0.2, 0.25) is 0 Å². The molecule has 1 aliphatic carbocycles. The van der Waals surface area contributed by atoms with Crippen LogP contribution in [0, 0.1) is 0 Å². The smallest absolute Gasteiger partial charge is 0.0578 e. The summed E-state index contributed by atoms with van der Waals surface area (Å²) in [4.78, 5) is 0. The molecule has 0 aromatic heterocycles. The molecule has 14 heavy (non-hydrogen) atoms. The minimum Gasteiger partial charge on any atom is -0.379 e. The molecule has 2 heteroatoms. The van der Waals surface area contributed by atoms with Crippen molar-refractivity contribution in [2.24, 2.45) is 0 Å². The molecule has 0 amide bonds. The van der Waals surface area contributed by atoms with E-state index in [1.807, 2.05) is 0 Å². The van der Waals surface area contributed by atoms with Crippen LogP contribution in [0.1, 0.15) is 25.7 Å². The van der Waals surface area contributed by atoms with Crippen molar-refractivity contribution in [1.29, 1.82) is 0 Å². The van der Waals surface area contributed by atoms with Crippen LogP contribution in [0.15, 0.2) is 24.3 Å². The van der Waals surface area contributed by atoms with E-state index in [0.717, 1.165) is 0 Å². The molecule has 1 heterocycles. The molecule has 0 saturated heterocycles. The molecule has 0 unspecified atom stereocenters. The lowest BCUT2D eigenvalue weighted by molar-refractivity contribution is 0.418. The van der Waals surface area contributed by atoms with Gasteiger partial charge in [-0.15, -0.1) is 0 Å². The fourth-order valence-corrected chi connectivity index (χ4v) is 2.61. The lowest BCUT2D eigenvalue weighted by Gasteiger charge is -2.39. The maximum Gasteiger partial charge on any atom is 0.0578 e. The summed E-state index contributed by atoms with van der Waals surface area (Å²) < 4.78 is 0. The van der Waals surface area contributed by atoms with Gasteiger partial charge in [-0.2, -0.15) is 0 Å². The molecule has 1 aliphatic heterocycles. The monoisotopic (exact) mass is 188 g/mol. The Balaban J connectivity index is 1.91. The van der Waals surface area contributed by atoms with Crippen LogP contribution in [0.25, 0.3) is 0 Å². The maximum absolute atomic E-state index is 3.64. The SMILES string of the molecule is c1ccc2c(c1)N[C@H]1CCCC[C@H]1N2. The molecular weight excluding hydrogens is 172 g/mol. The third-order valence-corrected chi connectivity index (χ3v) is 3.37. The lowest BCUT2D eigenvalue weighted by Crippen LogP contribution is -2.44. The summed E-state index contributed by atoms with van der Waals surface area (Å²) in [5.41, 5.74) is 2.55. The molecule has 2 aliphatic rings. The molecule has 74 valence electrons. The first-order valence-electron chi connectivity index (χ1n) is 5.55. The molecule has 1 saturated carbocycles. The van der Waals surface area contributed by atoms with Crippen molar-refractivity contribution in [1.82, 2.24) is 0 Å². The minimum absolute atomic E-state index is 0.652. The van der Waals surface area contributed by atoms with Gasteiger partial charge in [0.05, 0.1) is 11.4 Å². The zero-order chi connectivity index (χ0) is 9.38. The summed E-state index contributed by atoms with van der Waals surface area (Å²) in [5.74, 6) is 0. The van der Waals surface area contributed by atoms with E-state index in [2.05, 4.69) is 34.9 Å². The molecule has 1 aromatic carbocycles. The van der Waals surface area contributed by atoms with Crippen LogP contribution in [0.3, 0.4) is 0 Å². The minimum atomic E-state index is 0.652. The average Bonchev–Trinajstić information content (AvgIpc) is 2.26. The molecule has 0 bridgehead atoms. The second-order valence-corrected chi connectivity index (χ2v) is 4.33. The van der Waals surface area contributed by atoms with Gasteiger partial charge in [-0.25, -0.2) is 0 Å². The topological polar surface area (TPSA) is 24.1 Å². The molecule has 2 N–H and O–H groups in total. The standard InChI is InChI=1S/C12H16N2/c1-2-6-10-9(5-1)13-11-7-3-4-8-12(11)14-10/h1-2,5-6,11-14H,3-4,7-8H2/t11-,12+. The Labute approximate surface area is 84.7 Å².